The number of benzene rings is 1. The van der Waals surface area contributed by atoms with Crippen molar-refractivity contribution in [3.63, 3.8) is 0 Å². The minimum absolute atomic E-state index is 0.0104. The van der Waals surface area contributed by atoms with Crippen LogP contribution in [0.1, 0.15) is 22.3 Å². The Morgan fingerprint density at radius 2 is 2.04 bits per heavy atom. The molecule has 3 amide bonds. The van der Waals surface area contributed by atoms with Crippen LogP contribution in [-0.4, -0.2) is 34.6 Å². The van der Waals surface area contributed by atoms with E-state index in [1.165, 1.54) is 0 Å². The lowest BCUT2D eigenvalue weighted by atomic mass is 10.2. The fourth-order valence-corrected chi connectivity index (χ4v) is 2.70. The minimum Gasteiger partial charge on any atom is -0.472 e. The first-order chi connectivity index (χ1) is 12.0. The van der Waals surface area contributed by atoms with Crippen LogP contribution in [0.5, 0.6) is 5.88 Å². The Balaban J connectivity index is 2.04. The molecular weight excluding hydrogens is 368 g/mol. The van der Waals surface area contributed by atoms with Crippen molar-refractivity contribution in [2.24, 2.45) is 5.73 Å². The molecular formula is C15H17ClN4O4S. The third-order valence-electron chi connectivity index (χ3n) is 3.04. The molecule has 8 nitrogen and oxygen atoms in total. The number of carbonyl (C=O) groups is 2. The summed E-state index contributed by atoms with van der Waals surface area (Å²) in [5.41, 5.74) is 6.22. The van der Waals surface area contributed by atoms with Gasteiger partial charge in [0.2, 0.25) is 5.88 Å². The van der Waals surface area contributed by atoms with Crippen LogP contribution in [0.25, 0.3) is 0 Å². The van der Waals surface area contributed by atoms with E-state index in [0.717, 1.165) is 17.1 Å². The standard InChI is InChI=1S/C15H17ClN4O4S/c16-10-4-2-9(3-5-10)8-24-13-11(12(17)22)14(25-20-13)19-15(23)18-6-1-7-21/h2-5,21H,1,6-8H2,(H2,17,22)(H2,18,19,23). The summed E-state index contributed by atoms with van der Waals surface area (Å²) in [6, 6.07) is 6.49. The Morgan fingerprint density at radius 3 is 2.68 bits per heavy atom. The van der Waals surface area contributed by atoms with E-state index < -0.39 is 11.9 Å². The Hall–Kier alpha value is -2.36. The molecule has 0 spiro atoms. The highest BCUT2D eigenvalue weighted by molar-refractivity contribution is 7.11. The minimum atomic E-state index is -0.759. The molecule has 1 heterocycles. The first-order valence-corrected chi connectivity index (χ1v) is 8.49. The number of primary amides is 1. The highest BCUT2D eigenvalue weighted by Gasteiger charge is 2.21. The van der Waals surface area contributed by atoms with E-state index in [1.54, 1.807) is 24.3 Å². The Labute approximate surface area is 153 Å². The third kappa shape index (κ3) is 5.59. The van der Waals surface area contributed by atoms with Crippen molar-refractivity contribution in [3.05, 3.63) is 40.4 Å². The number of hydrogen-bond donors (Lipinski definition) is 4. The van der Waals surface area contributed by atoms with Gasteiger partial charge in [-0.2, -0.15) is 4.37 Å². The Morgan fingerprint density at radius 1 is 1.32 bits per heavy atom. The molecule has 0 saturated heterocycles. The van der Waals surface area contributed by atoms with Gasteiger partial charge in [0.1, 0.15) is 17.2 Å². The molecule has 2 rings (SSSR count). The van der Waals surface area contributed by atoms with Crippen LogP contribution in [0.15, 0.2) is 24.3 Å². The van der Waals surface area contributed by atoms with Crippen LogP contribution >= 0.6 is 23.1 Å². The number of amides is 3. The van der Waals surface area contributed by atoms with E-state index in [2.05, 4.69) is 15.0 Å². The Bertz CT molecular complexity index is 736. The van der Waals surface area contributed by atoms with Crippen LogP contribution in [0, 0.1) is 0 Å². The van der Waals surface area contributed by atoms with Gasteiger partial charge in [-0.3, -0.25) is 10.1 Å². The highest BCUT2D eigenvalue weighted by atomic mass is 35.5. The number of carbonyl (C=O) groups excluding carboxylic acids is 2. The first-order valence-electron chi connectivity index (χ1n) is 7.33. The summed E-state index contributed by atoms with van der Waals surface area (Å²) < 4.78 is 9.57. The van der Waals surface area contributed by atoms with Crippen molar-refractivity contribution < 1.29 is 19.4 Å². The summed E-state index contributed by atoms with van der Waals surface area (Å²) >= 11 is 6.71. The maximum atomic E-state index is 11.8. The molecule has 0 aliphatic rings. The van der Waals surface area contributed by atoms with E-state index in [4.69, 9.17) is 27.2 Å². The molecule has 134 valence electrons. The number of rotatable bonds is 8. The van der Waals surface area contributed by atoms with Gasteiger partial charge in [0, 0.05) is 18.2 Å². The smallest absolute Gasteiger partial charge is 0.319 e. The summed E-state index contributed by atoms with van der Waals surface area (Å²) in [6.45, 7) is 0.437. The fraction of sp³-hybridized carbons (Fsp3) is 0.267. The van der Waals surface area contributed by atoms with Gasteiger partial charge < -0.3 is 20.9 Å². The van der Waals surface area contributed by atoms with Gasteiger partial charge >= 0.3 is 6.03 Å². The lowest BCUT2D eigenvalue weighted by Gasteiger charge is -2.07. The second-order valence-corrected chi connectivity index (χ2v) is 6.14. The van der Waals surface area contributed by atoms with Crippen molar-refractivity contribution in [2.45, 2.75) is 13.0 Å². The lowest BCUT2D eigenvalue weighted by Crippen LogP contribution is -2.30. The quantitative estimate of drug-likeness (QED) is 0.517. The highest BCUT2D eigenvalue weighted by Crippen LogP contribution is 2.30. The summed E-state index contributed by atoms with van der Waals surface area (Å²) in [5.74, 6) is -0.705. The van der Waals surface area contributed by atoms with E-state index in [9.17, 15) is 9.59 Å². The van der Waals surface area contributed by atoms with Gasteiger partial charge in [0.15, 0.2) is 0 Å². The molecule has 0 atom stereocenters. The van der Waals surface area contributed by atoms with Gasteiger partial charge in [0.25, 0.3) is 5.91 Å². The summed E-state index contributed by atoms with van der Waals surface area (Å²) in [7, 11) is 0. The van der Waals surface area contributed by atoms with Crippen molar-refractivity contribution in [1.29, 1.82) is 0 Å². The Kier molecular flexibility index (Phi) is 6.99. The zero-order valence-electron chi connectivity index (χ0n) is 13.1. The molecule has 0 saturated carbocycles. The number of urea groups is 1. The van der Waals surface area contributed by atoms with Crippen molar-refractivity contribution in [1.82, 2.24) is 9.69 Å². The SMILES string of the molecule is NC(=O)c1c(OCc2ccc(Cl)cc2)nsc1NC(=O)NCCCO. The largest absolute Gasteiger partial charge is 0.472 e. The fourth-order valence-electron chi connectivity index (χ4n) is 1.84. The van der Waals surface area contributed by atoms with Crippen LogP contribution in [0.4, 0.5) is 9.80 Å². The summed E-state index contributed by atoms with van der Waals surface area (Å²) in [5, 5.41) is 14.5. The number of aromatic nitrogens is 1. The van der Waals surface area contributed by atoms with Gasteiger partial charge in [-0.25, -0.2) is 4.79 Å². The second kappa shape index (κ2) is 9.21. The average molecular weight is 385 g/mol. The van der Waals surface area contributed by atoms with E-state index in [1.807, 2.05) is 0 Å². The number of aliphatic hydroxyl groups excluding tert-OH is 1. The maximum Gasteiger partial charge on any atom is 0.319 e. The van der Waals surface area contributed by atoms with Crippen LogP contribution in [-0.2, 0) is 6.61 Å². The molecule has 2 aromatic rings. The second-order valence-electron chi connectivity index (χ2n) is 4.93. The molecule has 0 unspecified atom stereocenters. The molecule has 0 bridgehead atoms. The van der Waals surface area contributed by atoms with Crippen molar-refractivity contribution in [2.75, 3.05) is 18.5 Å². The maximum absolute atomic E-state index is 11.8. The predicted octanol–water partition coefficient (Wildman–Crippen LogP) is 1.98. The van der Waals surface area contributed by atoms with E-state index in [0.29, 0.717) is 18.0 Å². The summed E-state index contributed by atoms with van der Waals surface area (Å²) in [4.78, 5) is 23.4. The van der Waals surface area contributed by atoms with Gasteiger partial charge in [-0.05, 0) is 35.6 Å². The van der Waals surface area contributed by atoms with E-state index in [-0.39, 0.29) is 29.7 Å². The number of nitrogens with one attached hydrogen (secondary N) is 2. The monoisotopic (exact) mass is 384 g/mol. The third-order valence-corrected chi connectivity index (χ3v) is 4.04. The summed E-state index contributed by atoms with van der Waals surface area (Å²) in [6.07, 6.45) is 0.425. The number of anilines is 1. The van der Waals surface area contributed by atoms with Crippen LogP contribution < -0.4 is 21.1 Å². The zero-order chi connectivity index (χ0) is 18.2. The number of halogens is 1. The average Bonchev–Trinajstić information content (AvgIpc) is 2.97. The molecule has 0 fully saturated rings. The van der Waals surface area contributed by atoms with Crippen molar-refractivity contribution >= 4 is 40.1 Å². The number of ether oxygens (including phenoxy) is 1. The number of nitrogens with two attached hydrogens (primary N) is 1. The van der Waals surface area contributed by atoms with Gasteiger partial charge in [-0.1, -0.05) is 23.7 Å². The van der Waals surface area contributed by atoms with Crippen molar-refractivity contribution in [3.8, 4) is 5.88 Å². The molecule has 0 radical (unpaired) electrons. The molecule has 0 aliphatic carbocycles. The predicted molar refractivity (Wildman–Crippen MR) is 95.1 cm³/mol. The number of hydrogen-bond acceptors (Lipinski definition) is 6. The number of aliphatic hydroxyl groups is 1. The molecule has 10 heteroatoms. The molecule has 5 N–H and O–H groups in total. The molecule has 0 aliphatic heterocycles. The lowest BCUT2D eigenvalue weighted by molar-refractivity contribution is 0.0996. The normalized spacial score (nSPS) is 10.3. The zero-order valence-corrected chi connectivity index (χ0v) is 14.7. The molecule has 1 aromatic carbocycles. The first kappa shape index (κ1) is 19.0. The number of nitrogens with zero attached hydrogens (tertiary/aromatic N) is 1. The molecule has 25 heavy (non-hydrogen) atoms. The topological polar surface area (TPSA) is 127 Å². The van der Waals surface area contributed by atoms with E-state index >= 15 is 0 Å². The van der Waals surface area contributed by atoms with Gasteiger partial charge in [0.05, 0.1) is 0 Å². The van der Waals surface area contributed by atoms with Crippen LogP contribution in [0.2, 0.25) is 5.02 Å². The van der Waals surface area contributed by atoms with Crippen LogP contribution in [0.3, 0.4) is 0 Å². The van der Waals surface area contributed by atoms with Gasteiger partial charge in [-0.15, -0.1) is 0 Å². The molecule has 1 aromatic heterocycles.